The largest absolute Gasteiger partial charge is 0.593 e. The maximum Gasteiger partial charge on any atom is 0.283 e. The van der Waals surface area contributed by atoms with E-state index < -0.39 is 8.64 Å². The maximum atomic E-state index is 9.88. The molecule has 0 fully saturated rings. The van der Waals surface area contributed by atoms with Crippen LogP contribution in [0.4, 0.5) is 0 Å². The van der Waals surface area contributed by atoms with Gasteiger partial charge in [-0.05, 0) is 0 Å². The average molecular weight is 256 g/mol. The van der Waals surface area contributed by atoms with Crippen LogP contribution in [-0.4, -0.2) is 4.55 Å². The molecule has 0 aliphatic heterocycles. The summed E-state index contributed by atoms with van der Waals surface area (Å²) in [6.45, 7) is 0. The number of halogens is 2. The minimum absolute atomic E-state index is 0.792. The first-order valence-electron chi connectivity index (χ1n) is 0.809. The summed E-state index contributed by atoms with van der Waals surface area (Å²) in [6, 6.07) is 0. The summed E-state index contributed by atoms with van der Waals surface area (Å²) in [7, 11) is -1.11. The summed E-state index contributed by atoms with van der Waals surface area (Å²) in [6.07, 6.45) is 0. The summed E-state index contributed by atoms with van der Waals surface area (Å²) >= 11 is 6.10. The lowest BCUT2D eigenvalue weighted by Gasteiger charge is -1.88. The Morgan fingerprint density at radius 2 is 2.33 bits per heavy atom. The average Bonchev–Trinajstić information content (AvgIpc) is 1.35. The van der Waals surface area contributed by atoms with Gasteiger partial charge in [-0.1, -0.05) is 0 Å². The highest BCUT2D eigenvalue weighted by Gasteiger charge is 2.00. The first kappa shape index (κ1) is 7.58. The standard InChI is InChI=1S/Br2O2S2/c1-4-5-6(2)3. The minimum atomic E-state index is -1.11. The number of hydrogen-bond donors (Lipinski definition) is 0. The molecule has 6 heteroatoms. The molecule has 0 spiro atoms. The van der Waals surface area contributed by atoms with Crippen LogP contribution in [0.5, 0.6) is 0 Å². The summed E-state index contributed by atoms with van der Waals surface area (Å²) in [5, 5.41) is 0. The highest BCUT2D eigenvalue weighted by Crippen LogP contribution is 2.21. The maximum absolute atomic E-state index is 9.88. The Hall–Kier alpha value is 1.58. The van der Waals surface area contributed by atoms with Crippen LogP contribution in [-0.2, 0) is 11.9 Å². The molecule has 0 aromatic rings. The second-order valence-corrected chi connectivity index (χ2v) is 6.13. The van der Waals surface area contributed by atoms with Gasteiger partial charge in [0.2, 0.25) is 14.8 Å². The van der Waals surface area contributed by atoms with Crippen molar-refractivity contribution in [1.82, 2.24) is 0 Å². The van der Waals surface area contributed by atoms with E-state index in [1.54, 1.807) is 0 Å². The van der Waals surface area contributed by atoms with Crippen molar-refractivity contribution in [3.8, 4) is 0 Å². The van der Waals surface area contributed by atoms with E-state index >= 15 is 0 Å². The van der Waals surface area contributed by atoms with Crippen molar-refractivity contribution in [3.05, 3.63) is 0 Å². The van der Waals surface area contributed by atoms with Crippen molar-refractivity contribution >= 4 is 50.8 Å². The van der Waals surface area contributed by atoms with Gasteiger partial charge in [0.15, 0.2) is 0 Å². The van der Waals surface area contributed by atoms with Gasteiger partial charge < -0.3 is 4.55 Å². The van der Waals surface area contributed by atoms with Crippen molar-refractivity contribution in [2.45, 2.75) is 0 Å². The highest BCUT2D eigenvalue weighted by molar-refractivity contribution is 9.57. The van der Waals surface area contributed by atoms with Crippen LogP contribution >= 0.6 is 42.1 Å². The van der Waals surface area contributed by atoms with Gasteiger partial charge in [0.1, 0.15) is 24.9 Å². The topological polar surface area (TPSA) is 32.3 Å². The molecule has 0 amide bonds. The van der Waals surface area contributed by atoms with E-state index in [1.807, 2.05) is 0 Å². The van der Waals surface area contributed by atoms with E-state index in [2.05, 4.69) is 34.3 Å². The van der Waals surface area contributed by atoms with Crippen LogP contribution in [0.1, 0.15) is 0 Å². The third-order valence-corrected chi connectivity index (χ3v) is 2.66. The Bertz CT molecular complexity index is 30.7. The lowest BCUT2D eigenvalue weighted by atomic mass is 15.9. The van der Waals surface area contributed by atoms with Gasteiger partial charge in [0, 0.05) is 0 Å². The van der Waals surface area contributed by atoms with Crippen LogP contribution in [0.3, 0.4) is 0 Å². The van der Waals surface area contributed by atoms with E-state index in [1.165, 1.54) is 0 Å². The van der Waals surface area contributed by atoms with Crippen molar-refractivity contribution < 1.29 is 7.83 Å². The Morgan fingerprint density at radius 3 is 2.33 bits per heavy atom. The molecule has 0 aromatic heterocycles. The molecule has 0 heterocycles. The lowest BCUT2D eigenvalue weighted by Crippen LogP contribution is -1.73. The molecule has 6 heavy (non-hydrogen) atoms. The quantitative estimate of drug-likeness (QED) is 0.430. The smallest absolute Gasteiger partial charge is 0.283 e. The van der Waals surface area contributed by atoms with E-state index in [0.29, 0.717) is 0 Å². The molecular formula is Br2O2S2. The molecule has 0 N–H and O–H groups in total. The molecule has 1 atom stereocenters. The molecule has 0 aliphatic rings. The van der Waals surface area contributed by atoms with Gasteiger partial charge in [-0.3, -0.25) is 0 Å². The molecule has 0 aliphatic carbocycles. The van der Waals surface area contributed by atoms with E-state index in [0.717, 1.165) is 11.1 Å². The van der Waals surface area contributed by atoms with Gasteiger partial charge >= 0.3 is 0 Å². The van der Waals surface area contributed by atoms with Crippen molar-refractivity contribution in [2.24, 2.45) is 0 Å². The predicted octanol–water partition coefficient (Wildman–Crippen LogP) is 1.93. The lowest BCUT2D eigenvalue weighted by molar-refractivity contribution is 0.621. The summed E-state index contributed by atoms with van der Waals surface area (Å²) in [5.41, 5.74) is 0. The van der Waals surface area contributed by atoms with Crippen molar-refractivity contribution in [1.29, 1.82) is 0 Å². The highest BCUT2D eigenvalue weighted by atomic mass is 79.9. The summed E-state index contributed by atoms with van der Waals surface area (Å²) in [4.78, 5) is 0. The van der Waals surface area contributed by atoms with Crippen molar-refractivity contribution in [3.63, 3.8) is 0 Å². The van der Waals surface area contributed by atoms with E-state index in [9.17, 15) is 4.55 Å². The summed E-state index contributed by atoms with van der Waals surface area (Å²) in [5.74, 6) is 0. The number of rotatable bonds is 2. The molecule has 0 saturated carbocycles. The molecule has 1 unspecified atom stereocenters. The van der Waals surface area contributed by atoms with Crippen molar-refractivity contribution in [2.75, 3.05) is 0 Å². The van der Waals surface area contributed by atoms with Crippen LogP contribution in [0, 0.1) is 0 Å². The first-order chi connectivity index (χ1) is 2.77. The zero-order chi connectivity index (χ0) is 4.99. The Morgan fingerprint density at radius 1 is 1.83 bits per heavy atom. The van der Waals surface area contributed by atoms with Crippen LogP contribution in [0.15, 0.2) is 0 Å². The molecule has 0 radical (unpaired) electrons. The fourth-order valence-electron chi connectivity index (χ4n) is 0.0202. The second kappa shape index (κ2) is 4.73. The SMILES string of the molecule is [O-][S+](Br)SOBr. The van der Waals surface area contributed by atoms with E-state index in [-0.39, 0.29) is 0 Å². The number of hydrogen-bond acceptors (Lipinski definition) is 3. The minimum Gasteiger partial charge on any atom is -0.593 e. The molecule has 0 bridgehead atoms. The molecule has 0 rings (SSSR count). The van der Waals surface area contributed by atoms with Crippen LogP contribution < -0.4 is 0 Å². The third-order valence-electron chi connectivity index (χ3n) is 0.0792. The van der Waals surface area contributed by atoms with Crippen LogP contribution in [0.25, 0.3) is 0 Å². The second-order valence-electron chi connectivity index (χ2n) is 0.325. The predicted molar refractivity (Wildman–Crippen MR) is 34.7 cm³/mol. The Labute approximate surface area is 58.4 Å². The first-order valence-corrected chi connectivity index (χ1v) is 5.71. The van der Waals surface area contributed by atoms with Gasteiger partial charge in [-0.15, -0.1) is 0 Å². The van der Waals surface area contributed by atoms with Gasteiger partial charge in [-0.2, -0.15) is 3.27 Å². The van der Waals surface area contributed by atoms with Gasteiger partial charge in [-0.25, -0.2) is 0 Å². The molecule has 0 aromatic carbocycles. The van der Waals surface area contributed by atoms with Gasteiger partial charge in [0.25, 0.3) is 11.1 Å². The third kappa shape index (κ3) is 5.58. The fraction of sp³-hybridized carbons (Fsp3) is 0. The summed E-state index contributed by atoms with van der Waals surface area (Å²) < 4.78 is 14.1. The molecule has 38 valence electrons. The molecule has 0 saturated heterocycles. The normalized spacial score (nSPS) is 14.5. The molecule has 2 nitrogen and oxygen atoms in total. The fourth-order valence-corrected chi connectivity index (χ4v) is 2.85. The van der Waals surface area contributed by atoms with Crippen LogP contribution in [0.2, 0.25) is 0 Å². The monoisotopic (exact) mass is 254 g/mol. The Balaban J connectivity index is 2.63. The zero-order valence-electron chi connectivity index (χ0n) is 2.39. The molecular weight excluding hydrogens is 256 g/mol. The van der Waals surface area contributed by atoms with Gasteiger partial charge in [0.05, 0.1) is 0 Å². The zero-order valence-corrected chi connectivity index (χ0v) is 7.19. The van der Waals surface area contributed by atoms with E-state index in [4.69, 9.17) is 0 Å². The Kier molecular flexibility index (Phi) is 5.98.